The quantitative estimate of drug-likeness (QED) is 0.608. The number of hydrogen-bond donors (Lipinski definition) is 1. The number of anilines is 1. The summed E-state index contributed by atoms with van der Waals surface area (Å²) in [6.07, 6.45) is 0. The lowest BCUT2D eigenvalue weighted by Gasteiger charge is -2.06. The molecule has 17 heavy (non-hydrogen) atoms. The highest BCUT2D eigenvalue weighted by atomic mass is 16.5. The lowest BCUT2D eigenvalue weighted by atomic mass is 10.5. The third-order valence-electron chi connectivity index (χ3n) is 2.27. The van der Waals surface area contributed by atoms with Gasteiger partial charge in [0.1, 0.15) is 0 Å². The minimum absolute atomic E-state index is 0.466. The molecule has 0 unspecified atom stereocenters. The molecule has 0 fully saturated rings. The summed E-state index contributed by atoms with van der Waals surface area (Å²) in [6.45, 7) is 5.43. The fourth-order valence-corrected chi connectivity index (χ4v) is 1.20. The maximum atomic E-state index is 5.57. The smallest absolute Gasteiger partial charge is 0.168 e. The van der Waals surface area contributed by atoms with E-state index in [4.69, 9.17) is 19.9 Å². The van der Waals surface area contributed by atoms with Gasteiger partial charge in [0.15, 0.2) is 5.82 Å². The van der Waals surface area contributed by atoms with Gasteiger partial charge in [-0.15, -0.1) is 5.10 Å². The van der Waals surface area contributed by atoms with E-state index in [1.807, 2.05) is 6.92 Å². The maximum absolute atomic E-state index is 5.57. The second kappa shape index (κ2) is 7.99. The Morgan fingerprint density at radius 2 is 1.76 bits per heavy atom. The van der Waals surface area contributed by atoms with E-state index >= 15 is 0 Å². The summed E-state index contributed by atoms with van der Waals surface area (Å²) >= 11 is 0. The third-order valence-corrected chi connectivity index (χ3v) is 2.27. The first-order valence-corrected chi connectivity index (χ1v) is 5.55. The molecule has 7 heteroatoms. The number of nitrogens with zero attached hydrogens (tertiary/aromatic N) is 3. The fourth-order valence-electron chi connectivity index (χ4n) is 1.20. The van der Waals surface area contributed by atoms with Gasteiger partial charge < -0.3 is 19.9 Å². The van der Waals surface area contributed by atoms with E-state index in [9.17, 15) is 0 Å². The van der Waals surface area contributed by atoms with E-state index in [-0.39, 0.29) is 0 Å². The van der Waals surface area contributed by atoms with E-state index in [1.165, 1.54) is 0 Å². The van der Waals surface area contributed by atoms with Crippen molar-refractivity contribution in [2.24, 2.45) is 0 Å². The first-order chi connectivity index (χ1) is 8.25. The van der Waals surface area contributed by atoms with Crippen molar-refractivity contribution in [3.8, 4) is 0 Å². The Labute approximate surface area is 101 Å². The molecule has 0 saturated heterocycles. The SMILES string of the molecule is COCCOCCOCCn1nnc(N)c1C. The molecular formula is C10H20N4O3. The molecule has 0 aromatic carbocycles. The van der Waals surface area contributed by atoms with Gasteiger partial charge in [-0.3, -0.25) is 0 Å². The topological polar surface area (TPSA) is 84.4 Å². The molecule has 1 aromatic rings. The molecule has 0 amide bonds. The Morgan fingerprint density at radius 1 is 1.12 bits per heavy atom. The highest BCUT2D eigenvalue weighted by Gasteiger charge is 2.03. The van der Waals surface area contributed by atoms with Crippen LogP contribution in [0.3, 0.4) is 0 Å². The first kappa shape index (κ1) is 13.9. The number of nitrogen functional groups attached to an aromatic ring is 1. The Hall–Kier alpha value is -1.18. The molecule has 7 nitrogen and oxygen atoms in total. The van der Waals surface area contributed by atoms with Crippen LogP contribution in [-0.2, 0) is 20.8 Å². The minimum atomic E-state index is 0.466. The molecule has 0 aliphatic heterocycles. The fraction of sp³-hybridized carbons (Fsp3) is 0.800. The van der Waals surface area contributed by atoms with E-state index in [0.717, 1.165) is 5.69 Å². The number of aromatic nitrogens is 3. The molecule has 2 N–H and O–H groups in total. The van der Waals surface area contributed by atoms with E-state index in [0.29, 0.717) is 45.4 Å². The predicted octanol–water partition coefficient (Wildman–Crippen LogP) is -0.152. The van der Waals surface area contributed by atoms with Crippen LogP contribution in [-0.4, -0.2) is 55.1 Å². The van der Waals surface area contributed by atoms with Crippen LogP contribution in [0.5, 0.6) is 0 Å². The zero-order valence-electron chi connectivity index (χ0n) is 10.4. The highest BCUT2D eigenvalue weighted by Crippen LogP contribution is 2.03. The third kappa shape index (κ3) is 5.12. The lowest BCUT2D eigenvalue weighted by molar-refractivity contribution is 0.0224. The van der Waals surface area contributed by atoms with Gasteiger partial charge in [-0.25, -0.2) is 4.68 Å². The van der Waals surface area contributed by atoms with Crippen molar-refractivity contribution in [2.45, 2.75) is 13.5 Å². The van der Waals surface area contributed by atoms with Gasteiger partial charge in [0.25, 0.3) is 0 Å². The van der Waals surface area contributed by atoms with Crippen molar-refractivity contribution in [3.05, 3.63) is 5.69 Å². The second-order valence-corrected chi connectivity index (χ2v) is 3.50. The van der Waals surface area contributed by atoms with Crippen molar-refractivity contribution in [3.63, 3.8) is 0 Å². The minimum Gasteiger partial charge on any atom is -0.382 e. The predicted molar refractivity (Wildman–Crippen MR) is 62.7 cm³/mol. The van der Waals surface area contributed by atoms with Gasteiger partial charge in [-0.1, -0.05) is 5.21 Å². The Kier molecular flexibility index (Phi) is 6.53. The van der Waals surface area contributed by atoms with E-state index in [1.54, 1.807) is 11.8 Å². The highest BCUT2D eigenvalue weighted by molar-refractivity contribution is 5.31. The number of nitrogens with two attached hydrogens (primary N) is 1. The monoisotopic (exact) mass is 244 g/mol. The Balaban J connectivity index is 1.99. The normalized spacial score (nSPS) is 10.9. The molecule has 0 radical (unpaired) electrons. The number of methoxy groups -OCH3 is 1. The van der Waals surface area contributed by atoms with Gasteiger partial charge >= 0.3 is 0 Å². The molecule has 98 valence electrons. The van der Waals surface area contributed by atoms with Gasteiger partial charge in [-0.05, 0) is 6.92 Å². The summed E-state index contributed by atoms with van der Waals surface area (Å²) < 4.78 is 17.2. The van der Waals surface area contributed by atoms with E-state index in [2.05, 4.69) is 10.3 Å². The van der Waals surface area contributed by atoms with Gasteiger partial charge in [0, 0.05) is 7.11 Å². The number of ether oxygens (including phenoxy) is 3. The van der Waals surface area contributed by atoms with Crippen LogP contribution in [0.2, 0.25) is 0 Å². The lowest BCUT2D eigenvalue weighted by Crippen LogP contribution is -2.13. The van der Waals surface area contributed by atoms with Gasteiger partial charge in [0.2, 0.25) is 0 Å². The average Bonchev–Trinajstić information content (AvgIpc) is 2.64. The number of hydrogen-bond acceptors (Lipinski definition) is 6. The van der Waals surface area contributed by atoms with Crippen LogP contribution in [0, 0.1) is 6.92 Å². The summed E-state index contributed by atoms with van der Waals surface area (Å²) in [5.41, 5.74) is 6.44. The van der Waals surface area contributed by atoms with Crippen LogP contribution in [0.1, 0.15) is 5.69 Å². The van der Waals surface area contributed by atoms with Crippen molar-refractivity contribution in [1.29, 1.82) is 0 Å². The van der Waals surface area contributed by atoms with Crippen molar-refractivity contribution < 1.29 is 14.2 Å². The molecule has 0 bridgehead atoms. The maximum Gasteiger partial charge on any atom is 0.168 e. The van der Waals surface area contributed by atoms with Crippen molar-refractivity contribution in [1.82, 2.24) is 15.0 Å². The summed E-state index contributed by atoms with van der Waals surface area (Å²) in [5.74, 6) is 0.466. The molecular weight excluding hydrogens is 224 g/mol. The van der Waals surface area contributed by atoms with Crippen LogP contribution < -0.4 is 5.73 Å². The van der Waals surface area contributed by atoms with Crippen LogP contribution >= 0.6 is 0 Å². The molecule has 1 heterocycles. The van der Waals surface area contributed by atoms with E-state index < -0.39 is 0 Å². The number of rotatable bonds is 9. The van der Waals surface area contributed by atoms with Crippen LogP contribution in [0.4, 0.5) is 5.82 Å². The van der Waals surface area contributed by atoms with Crippen molar-refractivity contribution >= 4 is 5.82 Å². The van der Waals surface area contributed by atoms with Gasteiger partial charge in [0.05, 0.1) is 45.3 Å². The van der Waals surface area contributed by atoms with Gasteiger partial charge in [-0.2, -0.15) is 0 Å². The molecule has 0 spiro atoms. The molecule has 0 aliphatic rings. The Bertz CT molecular complexity index is 316. The summed E-state index contributed by atoms with van der Waals surface area (Å²) in [6, 6.07) is 0. The van der Waals surface area contributed by atoms with Crippen LogP contribution in [0.15, 0.2) is 0 Å². The molecule has 1 rings (SSSR count). The second-order valence-electron chi connectivity index (χ2n) is 3.50. The molecule has 1 aromatic heterocycles. The largest absolute Gasteiger partial charge is 0.382 e. The Morgan fingerprint density at radius 3 is 2.35 bits per heavy atom. The summed E-state index contributed by atoms with van der Waals surface area (Å²) in [4.78, 5) is 0. The molecule has 0 saturated carbocycles. The summed E-state index contributed by atoms with van der Waals surface area (Å²) in [5, 5.41) is 7.65. The average molecular weight is 244 g/mol. The molecule has 0 atom stereocenters. The van der Waals surface area contributed by atoms with Crippen molar-refractivity contribution in [2.75, 3.05) is 45.9 Å². The van der Waals surface area contributed by atoms with Crippen LogP contribution in [0.25, 0.3) is 0 Å². The standard InChI is InChI=1S/C10H20N4O3/c1-9-10(11)12-13-14(9)3-4-16-7-8-17-6-5-15-2/h3-8,11H2,1-2H3. The zero-order chi connectivity index (χ0) is 12.5. The first-order valence-electron chi connectivity index (χ1n) is 5.55. The zero-order valence-corrected chi connectivity index (χ0v) is 10.4. The summed E-state index contributed by atoms with van der Waals surface area (Å²) in [7, 11) is 1.64. The molecule has 0 aliphatic carbocycles.